The third-order valence-corrected chi connectivity index (χ3v) is 2.94. The summed E-state index contributed by atoms with van der Waals surface area (Å²) in [5.41, 5.74) is 0. The molecule has 8 heavy (non-hydrogen) atoms. The summed E-state index contributed by atoms with van der Waals surface area (Å²) < 4.78 is 0. The molecule has 0 aromatic rings. The van der Waals surface area contributed by atoms with E-state index in [1.54, 1.807) is 12.8 Å². The molecule has 0 saturated heterocycles. The van der Waals surface area contributed by atoms with Crippen LogP contribution in [-0.4, -0.2) is 0 Å². The van der Waals surface area contributed by atoms with Crippen LogP contribution >= 0.6 is 0 Å². The van der Waals surface area contributed by atoms with Gasteiger partial charge in [0.15, 0.2) is 0 Å². The van der Waals surface area contributed by atoms with Gasteiger partial charge in [-0.2, -0.15) is 0 Å². The van der Waals surface area contributed by atoms with Gasteiger partial charge in [0.05, 0.1) is 0 Å². The molecule has 0 amide bonds. The van der Waals surface area contributed by atoms with Crippen molar-refractivity contribution in [2.45, 2.75) is 32.6 Å². The molecule has 46 valence electrons. The molecule has 0 aromatic carbocycles. The van der Waals surface area contributed by atoms with Crippen molar-refractivity contribution in [3.05, 3.63) is 0 Å². The zero-order chi connectivity index (χ0) is 5.56. The van der Waals surface area contributed by atoms with Gasteiger partial charge in [0, 0.05) is 0 Å². The summed E-state index contributed by atoms with van der Waals surface area (Å²) in [4.78, 5) is 0. The highest BCUT2D eigenvalue weighted by atomic mass is 14.5. The van der Waals surface area contributed by atoms with Gasteiger partial charge in [-0.1, -0.05) is 26.2 Å². The number of hydrogen-bond acceptors (Lipinski definition) is 0. The summed E-state index contributed by atoms with van der Waals surface area (Å²) in [5.74, 6) is 3.43. The second kappa shape index (κ2) is 1.49. The Bertz CT molecular complexity index is 96.2. The van der Waals surface area contributed by atoms with Crippen molar-refractivity contribution in [1.29, 1.82) is 0 Å². The normalized spacial score (nSPS) is 52.9. The van der Waals surface area contributed by atoms with Crippen LogP contribution in [0.25, 0.3) is 0 Å². The van der Waals surface area contributed by atoms with Crippen molar-refractivity contribution < 1.29 is 0 Å². The first-order valence-corrected chi connectivity index (χ1v) is 3.88. The summed E-state index contributed by atoms with van der Waals surface area (Å²) in [6, 6.07) is 0. The average Bonchev–Trinajstić information content (AvgIpc) is 2.45. The van der Waals surface area contributed by atoms with E-state index in [1.165, 1.54) is 24.7 Å². The minimum atomic E-state index is 1.08. The van der Waals surface area contributed by atoms with Crippen LogP contribution in [-0.2, 0) is 0 Å². The largest absolute Gasteiger partial charge is 0.0622 e. The van der Waals surface area contributed by atoms with E-state index in [4.69, 9.17) is 0 Å². The zero-order valence-corrected chi connectivity index (χ0v) is 5.56. The molecular weight excluding hydrogens is 96.1 g/mol. The standard InChI is InChI=1S/C8H14/c1-6-3-2-4-7-5-8(6)7/h6-8H,2-5H2,1H3/t6?,7-,8?/m0/s1. The first kappa shape index (κ1) is 4.84. The summed E-state index contributed by atoms with van der Waals surface area (Å²) >= 11 is 0. The highest BCUT2D eigenvalue weighted by Gasteiger charge is 2.42. The Kier molecular flexibility index (Phi) is 0.902. The Morgan fingerprint density at radius 2 is 2.12 bits per heavy atom. The smallest absolute Gasteiger partial charge is 0.0357 e. The van der Waals surface area contributed by atoms with Crippen molar-refractivity contribution in [3.63, 3.8) is 0 Å². The molecule has 3 atom stereocenters. The van der Waals surface area contributed by atoms with Crippen molar-refractivity contribution in [1.82, 2.24) is 0 Å². The Labute approximate surface area is 51.3 Å². The maximum absolute atomic E-state index is 2.42. The van der Waals surface area contributed by atoms with E-state index >= 15 is 0 Å². The molecule has 0 aliphatic heterocycles. The summed E-state index contributed by atoms with van der Waals surface area (Å²) in [6.45, 7) is 2.42. The molecule has 2 rings (SSSR count). The van der Waals surface area contributed by atoms with Gasteiger partial charge in [0.2, 0.25) is 0 Å². The summed E-state index contributed by atoms with van der Waals surface area (Å²) in [5, 5.41) is 0. The Balaban J connectivity index is 1.99. The van der Waals surface area contributed by atoms with E-state index in [2.05, 4.69) is 6.92 Å². The molecule has 2 aliphatic carbocycles. The molecule has 0 N–H and O–H groups in total. The zero-order valence-electron chi connectivity index (χ0n) is 5.56. The molecule has 0 aromatic heterocycles. The van der Waals surface area contributed by atoms with Crippen molar-refractivity contribution in [2.24, 2.45) is 17.8 Å². The number of hydrogen-bond donors (Lipinski definition) is 0. The second-order valence-electron chi connectivity index (χ2n) is 3.57. The predicted octanol–water partition coefficient (Wildman–Crippen LogP) is 2.44. The molecule has 0 heterocycles. The molecule has 0 radical (unpaired) electrons. The fourth-order valence-electron chi connectivity index (χ4n) is 2.22. The van der Waals surface area contributed by atoms with E-state index < -0.39 is 0 Å². The highest BCUT2D eigenvalue weighted by Crippen LogP contribution is 2.52. The summed E-state index contributed by atoms with van der Waals surface area (Å²) in [6.07, 6.45) is 6.15. The maximum atomic E-state index is 2.42. The number of fused-ring (bicyclic) bond motifs is 1. The Hall–Kier alpha value is 0. The van der Waals surface area contributed by atoms with Gasteiger partial charge in [-0.05, 0) is 24.2 Å². The van der Waals surface area contributed by atoms with Crippen molar-refractivity contribution in [3.8, 4) is 0 Å². The molecule has 0 bridgehead atoms. The lowest BCUT2D eigenvalue weighted by molar-refractivity contribution is 0.362. The van der Waals surface area contributed by atoms with Gasteiger partial charge in [0.1, 0.15) is 0 Å². The Morgan fingerprint density at radius 3 is 2.75 bits per heavy atom. The predicted molar refractivity (Wildman–Crippen MR) is 34.6 cm³/mol. The average molecular weight is 110 g/mol. The molecule has 2 aliphatic rings. The van der Waals surface area contributed by atoms with Crippen LogP contribution in [0.4, 0.5) is 0 Å². The number of rotatable bonds is 0. The van der Waals surface area contributed by atoms with Crippen molar-refractivity contribution >= 4 is 0 Å². The topological polar surface area (TPSA) is 0 Å². The SMILES string of the molecule is CC1CCC[C@H]2CC12. The maximum Gasteiger partial charge on any atom is -0.0357 e. The lowest BCUT2D eigenvalue weighted by Crippen LogP contribution is -2.04. The van der Waals surface area contributed by atoms with E-state index in [0.717, 1.165) is 5.92 Å². The monoisotopic (exact) mass is 110 g/mol. The van der Waals surface area contributed by atoms with E-state index in [1.807, 2.05) is 0 Å². The summed E-state index contributed by atoms with van der Waals surface area (Å²) in [7, 11) is 0. The molecular formula is C8H14. The van der Waals surface area contributed by atoms with Crippen LogP contribution in [0.15, 0.2) is 0 Å². The quantitative estimate of drug-likeness (QED) is 0.449. The fourth-order valence-corrected chi connectivity index (χ4v) is 2.22. The van der Waals surface area contributed by atoms with Gasteiger partial charge in [-0.15, -0.1) is 0 Å². The van der Waals surface area contributed by atoms with Crippen LogP contribution in [0.1, 0.15) is 32.6 Å². The molecule has 0 spiro atoms. The highest BCUT2D eigenvalue weighted by molar-refractivity contribution is 4.92. The van der Waals surface area contributed by atoms with Gasteiger partial charge >= 0.3 is 0 Å². The molecule has 2 unspecified atom stereocenters. The molecule has 2 saturated carbocycles. The molecule has 0 nitrogen and oxygen atoms in total. The molecule has 2 fully saturated rings. The van der Waals surface area contributed by atoms with Crippen LogP contribution in [0.3, 0.4) is 0 Å². The third kappa shape index (κ3) is 0.586. The van der Waals surface area contributed by atoms with Crippen molar-refractivity contribution in [2.75, 3.05) is 0 Å². The first-order chi connectivity index (χ1) is 3.88. The van der Waals surface area contributed by atoms with Crippen LogP contribution in [0.5, 0.6) is 0 Å². The van der Waals surface area contributed by atoms with Gasteiger partial charge < -0.3 is 0 Å². The first-order valence-electron chi connectivity index (χ1n) is 3.88. The van der Waals surface area contributed by atoms with E-state index in [9.17, 15) is 0 Å². The van der Waals surface area contributed by atoms with Gasteiger partial charge in [-0.25, -0.2) is 0 Å². The van der Waals surface area contributed by atoms with Gasteiger partial charge in [-0.3, -0.25) is 0 Å². The van der Waals surface area contributed by atoms with Crippen LogP contribution in [0.2, 0.25) is 0 Å². The van der Waals surface area contributed by atoms with E-state index in [0.29, 0.717) is 0 Å². The minimum Gasteiger partial charge on any atom is -0.0622 e. The lowest BCUT2D eigenvalue weighted by Gasteiger charge is -2.15. The minimum absolute atomic E-state index is 1.08. The lowest BCUT2D eigenvalue weighted by atomic mass is 9.91. The second-order valence-corrected chi connectivity index (χ2v) is 3.57. The van der Waals surface area contributed by atoms with E-state index in [-0.39, 0.29) is 0 Å². The van der Waals surface area contributed by atoms with Crippen LogP contribution in [0, 0.1) is 17.8 Å². The third-order valence-electron chi connectivity index (χ3n) is 2.94. The fraction of sp³-hybridized carbons (Fsp3) is 1.00. The molecule has 0 heteroatoms. The van der Waals surface area contributed by atoms with Crippen LogP contribution < -0.4 is 0 Å². The van der Waals surface area contributed by atoms with Gasteiger partial charge in [0.25, 0.3) is 0 Å². The Morgan fingerprint density at radius 1 is 1.25 bits per heavy atom.